The van der Waals surface area contributed by atoms with Crippen molar-refractivity contribution >= 4 is 11.3 Å². The first-order valence-corrected chi connectivity index (χ1v) is 6.67. The minimum absolute atomic E-state index is 0.0848. The molecule has 2 rings (SSSR count). The average Bonchev–Trinajstić information content (AvgIpc) is 2.83. The zero-order valence-corrected chi connectivity index (χ0v) is 11.4. The van der Waals surface area contributed by atoms with Crippen LogP contribution in [-0.2, 0) is 0 Å². The van der Waals surface area contributed by atoms with Gasteiger partial charge in [-0.25, -0.2) is 0 Å². The van der Waals surface area contributed by atoms with E-state index in [9.17, 15) is 0 Å². The Morgan fingerprint density at radius 3 is 2.33 bits per heavy atom. The monoisotopic (exact) mass is 263 g/mol. The van der Waals surface area contributed by atoms with E-state index < -0.39 is 0 Å². The zero-order chi connectivity index (χ0) is 13.0. The Bertz CT molecular complexity index is 493. The van der Waals surface area contributed by atoms with Crippen molar-refractivity contribution in [3.05, 3.63) is 46.2 Å². The second-order valence-electron chi connectivity index (χ2n) is 3.99. The van der Waals surface area contributed by atoms with E-state index in [1.165, 1.54) is 10.4 Å². The molecule has 0 amide bonds. The predicted octanol–water partition coefficient (Wildman–Crippen LogP) is 3.14. The van der Waals surface area contributed by atoms with Crippen LogP contribution in [0.4, 0.5) is 0 Å². The molecule has 0 fully saturated rings. The molecule has 2 aromatic rings. The summed E-state index contributed by atoms with van der Waals surface area (Å²) < 4.78 is 11.0. The van der Waals surface area contributed by atoms with Crippen LogP contribution in [0.5, 0.6) is 11.5 Å². The highest BCUT2D eigenvalue weighted by atomic mass is 32.1. The fourth-order valence-electron chi connectivity index (χ4n) is 1.74. The minimum Gasteiger partial charge on any atom is -0.497 e. The number of benzene rings is 1. The van der Waals surface area contributed by atoms with E-state index in [1.807, 2.05) is 24.3 Å². The van der Waals surface area contributed by atoms with Gasteiger partial charge in [0.25, 0.3) is 0 Å². The lowest BCUT2D eigenvalue weighted by Crippen LogP contribution is -2.18. The number of nitrogens with two attached hydrogens (primary N) is 1. The number of hydrogen-bond donors (Lipinski definition) is 1. The van der Waals surface area contributed by atoms with Crippen molar-refractivity contribution in [2.24, 2.45) is 5.73 Å². The molecule has 0 saturated heterocycles. The first-order chi connectivity index (χ1) is 8.74. The number of methoxy groups -OCH3 is 1. The van der Waals surface area contributed by atoms with Crippen LogP contribution in [0, 0.1) is 6.92 Å². The van der Waals surface area contributed by atoms with Gasteiger partial charge in [0.05, 0.1) is 7.11 Å². The van der Waals surface area contributed by atoms with E-state index in [2.05, 4.69) is 18.4 Å². The Hall–Kier alpha value is -1.52. The van der Waals surface area contributed by atoms with Crippen LogP contribution in [0.25, 0.3) is 0 Å². The van der Waals surface area contributed by atoms with Crippen molar-refractivity contribution in [2.75, 3.05) is 13.7 Å². The van der Waals surface area contributed by atoms with Crippen molar-refractivity contribution in [2.45, 2.75) is 13.0 Å². The Balaban J connectivity index is 2.13. The maximum Gasteiger partial charge on any atom is 0.145 e. The second kappa shape index (κ2) is 5.89. The third-order valence-electron chi connectivity index (χ3n) is 2.75. The largest absolute Gasteiger partial charge is 0.497 e. The van der Waals surface area contributed by atoms with Gasteiger partial charge < -0.3 is 15.2 Å². The second-order valence-corrected chi connectivity index (χ2v) is 4.93. The molecule has 0 aliphatic carbocycles. The molecule has 4 heteroatoms. The van der Waals surface area contributed by atoms with Gasteiger partial charge in [0.1, 0.15) is 17.6 Å². The lowest BCUT2D eigenvalue weighted by Gasteiger charge is -2.17. The molecule has 1 unspecified atom stereocenters. The van der Waals surface area contributed by atoms with Crippen LogP contribution in [0.1, 0.15) is 16.5 Å². The molecule has 18 heavy (non-hydrogen) atoms. The Morgan fingerprint density at radius 1 is 1.17 bits per heavy atom. The van der Waals surface area contributed by atoms with E-state index in [1.54, 1.807) is 18.4 Å². The maximum absolute atomic E-state index is 5.92. The van der Waals surface area contributed by atoms with Crippen molar-refractivity contribution in [3.8, 4) is 11.5 Å². The molecule has 0 radical (unpaired) electrons. The molecule has 0 saturated carbocycles. The SMILES string of the molecule is COc1ccc(OC(CN)c2sccc2C)cc1. The molecular formula is C14H17NO2S. The standard InChI is InChI=1S/C14H17NO2S/c1-10-7-8-18-14(10)13(9-15)17-12-5-3-11(16-2)4-6-12/h3-8,13H,9,15H2,1-2H3. The highest BCUT2D eigenvalue weighted by Crippen LogP contribution is 2.28. The van der Waals surface area contributed by atoms with Crippen molar-refractivity contribution in [1.82, 2.24) is 0 Å². The summed E-state index contributed by atoms with van der Waals surface area (Å²) in [5.41, 5.74) is 7.02. The van der Waals surface area contributed by atoms with Gasteiger partial charge in [-0.2, -0.15) is 0 Å². The summed E-state index contributed by atoms with van der Waals surface area (Å²) in [6.45, 7) is 2.54. The molecular weight excluding hydrogens is 246 g/mol. The highest BCUT2D eigenvalue weighted by Gasteiger charge is 2.15. The van der Waals surface area contributed by atoms with Crippen LogP contribution < -0.4 is 15.2 Å². The Morgan fingerprint density at radius 2 is 1.83 bits per heavy atom. The van der Waals surface area contributed by atoms with Crippen LogP contribution in [0.15, 0.2) is 35.7 Å². The molecule has 2 N–H and O–H groups in total. The lowest BCUT2D eigenvalue weighted by molar-refractivity contribution is 0.217. The summed E-state index contributed by atoms with van der Waals surface area (Å²) in [4.78, 5) is 1.19. The van der Waals surface area contributed by atoms with Crippen molar-refractivity contribution < 1.29 is 9.47 Å². The van der Waals surface area contributed by atoms with Crippen LogP contribution >= 0.6 is 11.3 Å². The molecule has 0 bridgehead atoms. The summed E-state index contributed by atoms with van der Waals surface area (Å²) in [7, 11) is 1.65. The zero-order valence-electron chi connectivity index (χ0n) is 10.6. The van der Waals surface area contributed by atoms with E-state index in [0.717, 1.165) is 11.5 Å². The summed E-state index contributed by atoms with van der Waals surface area (Å²) in [5.74, 6) is 1.62. The van der Waals surface area contributed by atoms with E-state index in [0.29, 0.717) is 6.54 Å². The van der Waals surface area contributed by atoms with Gasteiger partial charge in [-0.1, -0.05) is 0 Å². The van der Waals surface area contributed by atoms with Gasteiger partial charge in [-0.3, -0.25) is 0 Å². The highest BCUT2D eigenvalue weighted by molar-refractivity contribution is 7.10. The normalized spacial score (nSPS) is 12.2. The number of rotatable bonds is 5. The molecule has 1 heterocycles. The molecule has 96 valence electrons. The number of thiophene rings is 1. The molecule has 0 aliphatic heterocycles. The summed E-state index contributed by atoms with van der Waals surface area (Å²) in [6, 6.07) is 9.63. The van der Waals surface area contributed by atoms with Crippen LogP contribution in [-0.4, -0.2) is 13.7 Å². The first kappa shape index (κ1) is 12.9. The van der Waals surface area contributed by atoms with Gasteiger partial charge in [-0.05, 0) is 48.2 Å². The molecule has 1 aromatic heterocycles. The molecule has 1 aromatic carbocycles. The molecule has 0 aliphatic rings. The lowest BCUT2D eigenvalue weighted by atomic mass is 10.2. The summed E-state index contributed by atoms with van der Waals surface area (Å²) in [6.07, 6.45) is -0.0848. The van der Waals surface area contributed by atoms with Crippen molar-refractivity contribution in [1.29, 1.82) is 0 Å². The number of aryl methyl sites for hydroxylation is 1. The fourth-order valence-corrected chi connectivity index (χ4v) is 2.71. The number of hydrogen-bond acceptors (Lipinski definition) is 4. The average molecular weight is 263 g/mol. The molecule has 0 spiro atoms. The minimum atomic E-state index is -0.0848. The van der Waals surface area contributed by atoms with E-state index in [-0.39, 0.29) is 6.10 Å². The third-order valence-corrected chi connectivity index (χ3v) is 3.86. The number of ether oxygens (including phenoxy) is 2. The fraction of sp³-hybridized carbons (Fsp3) is 0.286. The quantitative estimate of drug-likeness (QED) is 0.901. The molecule has 1 atom stereocenters. The third kappa shape index (κ3) is 2.83. The predicted molar refractivity (Wildman–Crippen MR) is 74.5 cm³/mol. The van der Waals surface area contributed by atoms with Gasteiger partial charge in [-0.15, -0.1) is 11.3 Å². The van der Waals surface area contributed by atoms with Gasteiger partial charge in [0, 0.05) is 11.4 Å². The van der Waals surface area contributed by atoms with Crippen LogP contribution in [0.2, 0.25) is 0 Å². The topological polar surface area (TPSA) is 44.5 Å². The van der Waals surface area contributed by atoms with E-state index in [4.69, 9.17) is 15.2 Å². The Kier molecular flexibility index (Phi) is 4.23. The first-order valence-electron chi connectivity index (χ1n) is 5.79. The summed E-state index contributed by atoms with van der Waals surface area (Å²) >= 11 is 1.68. The summed E-state index contributed by atoms with van der Waals surface area (Å²) in [5, 5.41) is 2.06. The van der Waals surface area contributed by atoms with Crippen molar-refractivity contribution in [3.63, 3.8) is 0 Å². The smallest absolute Gasteiger partial charge is 0.145 e. The maximum atomic E-state index is 5.92. The van der Waals surface area contributed by atoms with Crippen LogP contribution in [0.3, 0.4) is 0 Å². The Labute approximate surface area is 111 Å². The van der Waals surface area contributed by atoms with Gasteiger partial charge >= 0.3 is 0 Å². The van der Waals surface area contributed by atoms with E-state index >= 15 is 0 Å². The van der Waals surface area contributed by atoms with Gasteiger partial charge in [0.15, 0.2) is 0 Å². The van der Waals surface area contributed by atoms with Gasteiger partial charge in [0.2, 0.25) is 0 Å². The molecule has 3 nitrogen and oxygen atoms in total.